The van der Waals surface area contributed by atoms with Crippen LogP contribution in [0.1, 0.15) is 5.56 Å². The average molecular weight is 274 g/mol. The van der Waals surface area contributed by atoms with Crippen LogP contribution in [0.4, 0.5) is 5.69 Å². The number of hydrogen-bond acceptors (Lipinski definition) is 4. The molecule has 0 aliphatic heterocycles. The molecule has 0 radical (unpaired) electrons. The molecule has 0 aliphatic rings. The van der Waals surface area contributed by atoms with Crippen LogP contribution in [0.25, 0.3) is 0 Å². The van der Waals surface area contributed by atoms with E-state index >= 15 is 0 Å². The number of rotatable bonds is 4. The van der Waals surface area contributed by atoms with E-state index in [9.17, 15) is 10.1 Å². The molecule has 1 N–H and O–H groups in total. The van der Waals surface area contributed by atoms with Gasteiger partial charge in [-0.15, -0.1) is 0 Å². The number of benzene rings is 1. The Morgan fingerprint density at radius 3 is 2.73 bits per heavy atom. The van der Waals surface area contributed by atoms with Crippen LogP contribution in [0.15, 0.2) is 22.7 Å². The second kappa shape index (κ2) is 5.20. The van der Waals surface area contributed by atoms with Crippen molar-refractivity contribution in [2.45, 2.75) is 6.54 Å². The van der Waals surface area contributed by atoms with Crippen molar-refractivity contribution in [1.82, 2.24) is 10.4 Å². The SMILES string of the molecule is CN(C)NCc1ccc(Br)c([N+](=O)[O-])c1. The van der Waals surface area contributed by atoms with Gasteiger partial charge in [0.15, 0.2) is 0 Å². The molecule has 0 heterocycles. The Morgan fingerprint density at radius 2 is 2.20 bits per heavy atom. The van der Waals surface area contributed by atoms with Crippen molar-refractivity contribution in [2.24, 2.45) is 0 Å². The van der Waals surface area contributed by atoms with Gasteiger partial charge in [-0.2, -0.15) is 0 Å². The quantitative estimate of drug-likeness (QED) is 0.673. The lowest BCUT2D eigenvalue weighted by molar-refractivity contribution is -0.385. The highest BCUT2D eigenvalue weighted by Gasteiger charge is 2.11. The molecule has 82 valence electrons. The highest BCUT2D eigenvalue weighted by atomic mass is 79.9. The van der Waals surface area contributed by atoms with Gasteiger partial charge in [0.05, 0.1) is 9.40 Å². The van der Waals surface area contributed by atoms with Gasteiger partial charge in [-0.1, -0.05) is 6.07 Å². The maximum atomic E-state index is 10.7. The predicted molar refractivity (Wildman–Crippen MR) is 61.3 cm³/mol. The monoisotopic (exact) mass is 273 g/mol. The minimum Gasteiger partial charge on any atom is -0.258 e. The fourth-order valence-corrected chi connectivity index (χ4v) is 1.45. The van der Waals surface area contributed by atoms with Crippen LogP contribution in [0.3, 0.4) is 0 Å². The Hall–Kier alpha value is -0.980. The van der Waals surface area contributed by atoms with Crippen LogP contribution in [0, 0.1) is 10.1 Å². The van der Waals surface area contributed by atoms with Crippen LogP contribution >= 0.6 is 15.9 Å². The van der Waals surface area contributed by atoms with Gasteiger partial charge in [-0.05, 0) is 27.6 Å². The molecule has 0 unspecified atom stereocenters. The molecule has 1 aromatic carbocycles. The Kier molecular flexibility index (Phi) is 4.19. The van der Waals surface area contributed by atoms with E-state index in [-0.39, 0.29) is 5.69 Å². The average Bonchev–Trinajstić information content (AvgIpc) is 2.16. The van der Waals surface area contributed by atoms with Crippen molar-refractivity contribution in [1.29, 1.82) is 0 Å². The number of hydrogen-bond donors (Lipinski definition) is 1. The summed E-state index contributed by atoms with van der Waals surface area (Å²) in [5.41, 5.74) is 4.01. The zero-order valence-electron chi connectivity index (χ0n) is 8.53. The first-order valence-corrected chi connectivity index (χ1v) is 5.13. The molecule has 0 amide bonds. The summed E-state index contributed by atoms with van der Waals surface area (Å²) in [7, 11) is 3.74. The van der Waals surface area contributed by atoms with E-state index in [4.69, 9.17) is 0 Å². The van der Waals surface area contributed by atoms with E-state index in [1.54, 1.807) is 17.1 Å². The molecule has 0 saturated carbocycles. The van der Waals surface area contributed by atoms with Crippen molar-refractivity contribution < 1.29 is 4.92 Å². The minimum absolute atomic E-state index is 0.0908. The number of nitro groups is 1. The first kappa shape index (κ1) is 12.1. The van der Waals surface area contributed by atoms with E-state index < -0.39 is 4.92 Å². The molecule has 15 heavy (non-hydrogen) atoms. The van der Waals surface area contributed by atoms with Crippen LogP contribution in [-0.2, 0) is 6.54 Å². The largest absolute Gasteiger partial charge is 0.283 e. The third-order valence-electron chi connectivity index (χ3n) is 1.81. The molecule has 0 bridgehead atoms. The van der Waals surface area contributed by atoms with Gasteiger partial charge in [0.2, 0.25) is 0 Å². The van der Waals surface area contributed by atoms with Crippen molar-refractivity contribution in [3.05, 3.63) is 38.3 Å². The molecule has 0 aliphatic carbocycles. The number of nitrogens with one attached hydrogen (secondary N) is 1. The number of nitro benzene ring substituents is 1. The van der Waals surface area contributed by atoms with Gasteiger partial charge < -0.3 is 0 Å². The van der Waals surface area contributed by atoms with E-state index in [1.807, 2.05) is 20.2 Å². The van der Waals surface area contributed by atoms with E-state index in [0.717, 1.165) is 5.56 Å². The molecule has 1 rings (SSSR count). The third kappa shape index (κ3) is 3.58. The third-order valence-corrected chi connectivity index (χ3v) is 2.48. The summed E-state index contributed by atoms with van der Waals surface area (Å²) < 4.78 is 0.501. The first-order chi connectivity index (χ1) is 7.00. The van der Waals surface area contributed by atoms with Crippen molar-refractivity contribution in [2.75, 3.05) is 14.1 Å². The van der Waals surface area contributed by atoms with Crippen molar-refractivity contribution >= 4 is 21.6 Å². The summed E-state index contributed by atoms with van der Waals surface area (Å²) in [5.74, 6) is 0. The summed E-state index contributed by atoms with van der Waals surface area (Å²) in [5, 5.41) is 12.5. The zero-order chi connectivity index (χ0) is 11.4. The summed E-state index contributed by atoms with van der Waals surface area (Å²) >= 11 is 3.14. The second-order valence-electron chi connectivity index (χ2n) is 3.27. The first-order valence-electron chi connectivity index (χ1n) is 4.34. The van der Waals surface area contributed by atoms with Crippen LogP contribution < -0.4 is 5.43 Å². The standard InChI is InChI=1S/C9H12BrN3O2/c1-12(2)11-6-7-3-4-8(10)9(5-7)13(14)15/h3-5,11H,6H2,1-2H3. The molecule has 5 nitrogen and oxygen atoms in total. The summed E-state index contributed by atoms with van der Waals surface area (Å²) in [6, 6.07) is 5.08. The predicted octanol–water partition coefficient (Wildman–Crippen LogP) is 1.92. The van der Waals surface area contributed by atoms with Gasteiger partial charge in [-0.25, -0.2) is 0 Å². The summed E-state index contributed by atoms with van der Waals surface area (Å²) in [6.07, 6.45) is 0. The van der Waals surface area contributed by atoms with Crippen molar-refractivity contribution in [3.63, 3.8) is 0 Å². The second-order valence-corrected chi connectivity index (χ2v) is 4.13. The van der Waals surface area contributed by atoms with Crippen LogP contribution in [0.2, 0.25) is 0 Å². The maximum absolute atomic E-state index is 10.7. The fraction of sp³-hybridized carbons (Fsp3) is 0.333. The summed E-state index contributed by atoms with van der Waals surface area (Å²) in [4.78, 5) is 10.3. The lowest BCUT2D eigenvalue weighted by Crippen LogP contribution is -2.29. The minimum atomic E-state index is -0.400. The van der Waals surface area contributed by atoms with Gasteiger partial charge in [0.1, 0.15) is 0 Å². The Bertz CT molecular complexity index is 368. The lowest BCUT2D eigenvalue weighted by atomic mass is 10.2. The number of hydrazine groups is 1. The highest BCUT2D eigenvalue weighted by molar-refractivity contribution is 9.10. The molecule has 0 fully saturated rings. The smallest absolute Gasteiger partial charge is 0.258 e. The van der Waals surface area contributed by atoms with Gasteiger partial charge in [0.25, 0.3) is 5.69 Å². The normalized spacial score (nSPS) is 10.7. The Labute approximate surface area is 96.3 Å². The molecule has 0 saturated heterocycles. The molecule has 1 aromatic rings. The highest BCUT2D eigenvalue weighted by Crippen LogP contribution is 2.25. The molecule has 0 atom stereocenters. The van der Waals surface area contributed by atoms with E-state index in [1.165, 1.54) is 0 Å². The number of nitrogens with zero attached hydrogens (tertiary/aromatic N) is 2. The van der Waals surface area contributed by atoms with E-state index in [0.29, 0.717) is 11.0 Å². The van der Waals surface area contributed by atoms with E-state index in [2.05, 4.69) is 21.4 Å². The van der Waals surface area contributed by atoms with Crippen LogP contribution in [-0.4, -0.2) is 24.0 Å². The molecular weight excluding hydrogens is 262 g/mol. The van der Waals surface area contributed by atoms with Crippen LogP contribution in [0.5, 0.6) is 0 Å². The van der Waals surface area contributed by atoms with Crippen molar-refractivity contribution in [3.8, 4) is 0 Å². The molecule has 0 aromatic heterocycles. The van der Waals surface area contributed by atoms with Gasteiger partial charge in [0, 0.05) is 26.7 Å². The Balaban J connectivity index is 2.83. The topological polar surface area (TPSA) is 58.4 Å². The Morgan fingerprint density at radius 1 is 1.53 bits per heavy atom. The molecule has 0 spiro atoms. The summed E-state index contributed by atoms with van der Waals surface area (Å²) in [6.45, 7) is 0.571. The molecule has 6 heteroatoms. The molecular formula is C9H12BrN3O2. The maximum Gasteiger partial charge on any atom is 0.283 e. The lowest BCUT2D eigenvalue weighted by Gasteiger charge is -2.11. The van der Waals surface area contributed by atoms with Gasteiger partial charge in [-0.3, -0.25) is 20.5 Å². The number of halogens is 1. The fourth-order valence-electron chi connectivity index (χ4n) is 1.06. The van der Waals surface area contributed by atoms with Gasteiger partial charge >= 0.3 is 0 Å². The zero-order valence-corrected chi connectivity index (χ0v) is 10.1.